The van der Waals surface area contributed by atoms with E-state index in [1.54, 1.807) is 63.4 Å². The Morgan fingerprint density at radius 2 is 1.83 bits per heavy atom. The van der Waals surface area contributed by atoms with Crippen molar-refractivity contribution in [2.45, 2.75) is 25.4 Å². The van der Waals surface area contributed by atoms with Gasteiger partial charge in [-0.05, 0) is 37.6 Å². The first kappa shape index (κ1) is 17.9. The summed E-state index contributed by atoms with van der Waals surface area (Å²) in [7, 11) is 1.57. The number of nitrogens with one attached hydrogen (secondary N) is 1. The summed E-state index contributed by atoms with van der Waals surface area (Å²) in [5.41, 5.74) is -0.0495. The van der Waals surface area contributed by atoms with Gasteiger partial charge in [0.2, 0.25) is 5.91 Å². The van der Waals surface area contributed by atoms with Gasteiger partial charge in [0.05, 0.1) is 18.6 Å². The van der Waals surface area contributed by atoms with Crippen LogP contribution < -0.4 is 10.1 Å². The van der Waals surface area contributed by atoms with E-state index in [0.717, 1.165) is 0 Å². The lowest BCUT2D eigenvalue weighted by atomic mass is 9.83. The van der Waals surface area contributed by atoms with Crippen molar-refractivity contribution in [2.24, 2.45) is 0 Å². The number of halogens is 1. The Balaban J connectivity index is 2.02. The van der Waals surface area contributed by atoms with Gasteiger partial charge in [-0.3, -0.25) is 4.79 Å². The van der Waals surface area contributed by atoms with E-state index in [-0.39, 0.29) is 12.5 Å². The fourth-order valence-corrected chi connectivity index (χ4v) is 2.44. The number of aliphatic hydroxyl groups is 1. The third kappa shape index (κ3) is 3.92. The highest BCUT2D eigenvalue weighted by atomic mass is 19.1. The Kier molecular flexibility index (Phi) is 5.57. The molecule has 2 rings (SSSR count). The normalized spacial score (nSPS) is 12.5. The van der Waals surface area contributed by atoms with Crippen LogP contribution in [0.2, 0.25) is 0 Å². The van der Waals surface area contributed by atoms with Crippen molar-refractivity contribution < 1.29 is 19.0 Å². The molecule has 0 fully saturated rings. The van der Waals surface area contributed by atoms with Crippen molar-refractivity contribution in [3.63, 3.8) is 0 Å². The zero-order valence-corrected chi connectivity index (χ0v) is 14.0. The van der Waals surface area contributed by atoms with Gasteiger partial charge in [-0.1, -0.05) is 30.3 Å². The number of methoxy groups -OCH3 is 1. The third-order valence-corrected chi connectivity index (χ3v) is 4.07. The van der Waals surface area contributed by atoms with Crippen molar-refractivity contribution in [1.29, 1.82) is 0 Å². The quantitative estimate of drug-likeness (QED) is 0.855. The highest BCUT2D eigenvalue weighted by molar-refractivity contribution is 5.87. The minimum absolute atomic E-state index is 0.0447. The summed E-state index contributed by atoms with van der Waals surface area (Å²) in [6.07, 6.45) is -0.851. The second-order valence-corrected chi connectivity index (χ2v) is 6.10. The summed E-state index contributed by atoms with van der Waals surface area (Å²) in [5.74, 6) is -0.0795. The second kappa shape index (κ2) is 7.45. The summed E-state index contributed by atoms with van der Waals surface area (Å²) >= 11 is 0. The smallest absolute Gasteiger partial charge is 0.230 e. The molecule has 0 saturated heterocycles. The highest BCUT2D eigenvalue weighted by Gasteiger charge is 2.32. The molecular formula is C19H22FNO3. The molecule has 2 N–H and O–H groups in total. The van der Waals surface area contributed by atoms with Crippen molar-refractivity contribution in [1.82, 2.24) is 5.32 Å². The molecule has 1 atom stereocenters. The maximum Gasteiger partial charge on any atom is 0.230 e. The maximum atomic E-state index is 13.9. The Hall–Kier alpha value is -2.40. The third-order valence-electron chi connectivity index (χ3n) is 4.07. The zero-order chi connectivity index (χ0) is 17.7. The SMILES string of the molecule is COc1ccc(C(O)CNC(=O)C(C)(C)c2ccccc2F)cc1. The molecule has 1 unspecified atom stereocenters. The molecule has 0 aliphatic carbocycles. The Morgan fingerprint density at radius 3 is 2.42 bits per heavy atom. The summed E-state index contributed by atoms with van der Waals surface area (Å²) in [6, 6.07) is 13.1. The van der Waals surface area contributed by atoms with Crippen LogP contribution in [-0.2, 0) is 10.2 Å². The molecule has 1 amide bonds. The van der Waals surface area contributed by atoms with E-state index in [0.29, 0.717) is 16.9 Å². The molecule has 0 spiro atoms. The topological polar surface area (TPSA) is 58.6 Å². The molecule has 0 aliphatic rings. The van der Waals surface area contributed by atoms with Gasteiger partial charge in [0, 0.05) is 12.1 Å². The molecule has 24 heavy (non-hydrogen) atoms. The first-order chi connectivity index (χ1) is 11.4. The Morgan fingerprint density at radius 1 is 1.21 bits per heavy atom. The van der Waals surface area contributed by atoms with E-state index < -0.39 is 17.3 Å². The van der Waals surface area contributed by atoms with Gasteiger partial charge in [-0.15, -0.1) is 0 Å². The lowest BCUT2D eigenvalue weighted by Crippen LogP contribution is -2.42. The lowest BCUT2D eigenvalue weighted by molar-refractivity contribution is -0.126. The van der Waals surface area contributed by atoms with Gasteiger partial charge in [0.25, 0.3) is 0 Å². The number of benzene rings is 2. The van der Waals surface area contributed by atoms with Crippen LogP contribution in [0, 0.1) is 5.82 Å². The van der Waals surface area contributed by atoms with Crippen LogP contribution in [0.4, 0.5) is 4.39 Å². The Labute approximate surface area is 141 Å². The van der Waals surface area contributed by atoms with E-state index in [1.807, 2.05) is 0 Å². The van der Waals surface area contributed by atoms with Crippen molar-refractivity contribution in [2.75, 3.05) is 13.7 Å². The molecule has 2 aromatic carbocycles. The van der Waals surface area contributed by atoms with E-state index >= 15 is 0 Å². The number of carbonyl (C=O) groups is 1. The molecular weight excluding hydrogens is 309 g/mol. The number of ether oxygens (including phenoxy) is 1. The minimum Gasteiger partial charge on any atom is -0.497 e. The average Bonchev–Trinajstić information content (AvgIpc) is 2.59. The van der Waals surface area contributed by atoms with Crippen LogP contribution in [0.15, 0.2) is 48.5 Å². The minimum atomic E-state index is -1.04. The van der Waals surface area contributed by atoms with Crippen LogP contribution in [0.3, 0.4) is 0 Å². The number of rotatable bonds is 6. The van der Waals surface area contributed by atoms with Gasteiger partial charge in [-0.2, -0.15) is 0 Å². The van der Waals surface area contributed by atoms with Crippen LogP contribution in [0.5, 0.6) is 5.75 Å². The van der Waals surface area contributed by atoms with E-state index in [2.05, 4.69) is 5.32 Å². The largest absolute Gasteiger partial charge is 0.497 e. The molecule has 0 radical (unpaired) electrons. The first-order valence-corrected chi connectivity index (χ1v) is 7.71. The predicted octanol–water partition coefficient (Wildman–Crippen LogP) is 2.96. The van der Waals surface area contributed by atoms with Gasteiger partial charge in [0.15, 0.2) is 0 Å². The fraction of sp³-hybridized carbons (Fsp3) is 0.316. The van der Waals surface area contributed by atoms with E-state index in [9.17, 15) is 14.3 Å². The molecule has 0 aromatic heterocycles. The molecule has 128 valence electrons. The number of hydrogen-bond acceptors (Lipinski definition) is 3. The average molecular weight is 331 g/mol. The highest BCUT2D eigenvalue weighted by Crippen LogP contribution is 2.26. The second-order valence-electron chi connectivity index (χ2n) is 6.10. The molecule has 0 bridgehead atoms. The van der Waals surface area contributed by atoms with Gasteiger partial charge < -0.3 is 15.2 Å². The van der Waals surface area contributed by atoms with Gasteiger partial charge in [-0.25, -0.2) is 4.39 Å². The monoisotopic (exact) mass is 331 g/mol. The molecule has 5 heteroatoms. The van der Waals surface area contributed by atoms with Crippen molar-refractivity contribution in [3.05, 3.63) is 65.5 Å². The fourth-order valence-electron chi connectivity index (χ4n) is 2.44. The summed E-state index contributed by atoms with van der Waals surface area (Å²) in [4.78, 5) is 12.4. The van der Waals surface area contributed by atoms with Crippen LogP contribution in [-0.4, -0.2) is 24.7 Å². The van der Waals surface area contributed by atoms with Crippen LogP contribution >= 0.6 is 0 Å². The number of hydrogen-bond donors (Lipinski definition) is 2. The molecule has 0 aliphatic heterocycles. The summed E-state index contributed by atoms with van der Waals surface area (Å²) in [5, 5.41) is 12.9. The molecule has 0 heterocycles. The molecule has 0 saturated carbocycles. The van der Waals surface area contributed by atoms with Crippen LogP contribution in [0.25, 0.3) is 0 Å². The van der Waals surface area contributed by atoms with Gasteiger partial charge >= 0.3 is 0 Å². The zero-order valence-electron chi connectivity index (χ0n) is 14.0. The Bertz CT molecular complexity index is 698. The number of carbonyl (C=O) groups excluding carboxylic acids is 1. The van der Waals surface area contributed by atoms with Crippen molar-refractivity contribution in [3.8, 4) is 5.75 Å². The first-order valence-electron chi connectivity index (χ1n) is 7.71. The maximum absolute atomic E-state index is 13.9. The van der Waals surface area contributed by atoms with Gasteiger partial charge in [0.1, 0.15) is 11.6 Å². The summed E-state index contributed by atoms with van der Waals surface area (Å²) in [6.45, 7) is 3.35. The summed E-state index contributed by atoms with van der Waals surface area (Å²) < 4.78 is 19.0. The lowest BCUT2D eigenvalue weighted by Gasteiger charge is -2.25. The standard InChI is InChI=1S/C19H22FNO3/c1-19(2,15-6-4-5-7-16(15)20)18(23)21-12-17(22)13-8-10-14(24-3)11-9-13/h4-11,17,22H,12H2,1-3H3,(H,21,23). The van der Waals surface area contributed by atoms with E-state index in [4.69, 9.17) is 4.74 Å². The number of aliphatic hydroxyl groups excluding tert-OH is 1. The van der Waals surface area contributed by atoms with Crippen LogP contribution in [0.1, 0.15) is 31.1 Å². The molecule has 4 nitrogen and oxygen atoms in total. The van der Waals surface area contributed by atoms with Crippen molar-refractivity contribution >= 4 is 5.91 Å². The number of amides is 1. The molecule has 2 aromatic rings. The predicted molar refractivity (Wildman–Crippen MR) is 90.4 cm³/mol. The van der Waals surface area contributed by atoms with E-state index in [1.165, 1.54) is 6.07 Å².